The molecular formula is C13H22N2O2S. The van der Waals surface area contributed by atoms with Gasteiger partial charge in [-0.3, -0.25) is 0 Å². The Morgan fingerprint density at radius 2 is 2.11 bits per heavy atom. The van der Waals surface area contributed by atoms with Crippen LogP contribution in [0.25, 0.3) is 0 Å². The van der Waals surface area contributed by atoms with Crippen molar-refractivity contribution in [2.75, 3.05) is 20.6 Å². The Hall–Kier alpha value is -0.910. The predicted molar refractivity (Wildman–Crippen MR) is 75.5 cm³/mol. The second-order valence-corrected chi connectivity index (χ2v) is 6.56. The smallest absolute Gasteiger partial charge is 0.345 e. The highest BCUT2D eigenvalue weighted by molar-refractivity contribution is 7.14. The van der Waals surface area contributed by atoms with Crippen LogP contribution in [0.3, 0.4) is 0 Å². The molecule has 1 aromatic heterocycles. The Balaban J connectivity index is 2.57. The van der Waals surface area contributed by atoms with Crippen LogP contribution >= 0.6 is 11.3 Å². The van der Waals surface area contributed by atoms with Gasteiger partial charge in [-0.05, 0) is 46.5 Å². The summed E-state index contributed by atoms with van der Waals surface area (Å²) in [6.07, 6.45) is 0. The van der Waals surface area contributed by atoms with Crippen LogP contribution in [-0.2, 0) is 6.54 Å². The summed E-state index contributed by atoms with van der Waals surface area (Å²) >= 11 is 1.34. The third kappa shape index (κ3) is 3.80. The molecule has 18 heavy (non-hydrogen) atoms. The summed E-state index contributed by atoms with van der Waals surface area (Å²) in [5.74, 6) is -0.844. The van der Waals surface area contributed by atoms with E-state index in [1.54, 1.807) is 6.07 Å². The van der Waals surface area contributed by atoms with Crippen molar-refractivity contribution in [3.05, 3.63) is 21.4 Å². The lowest BCUT2D eigenvalue weighted by molar-refractivity contribution is 0.0702. The van der Waals surface area contributed by atoms with Crippen LogP contribution in [0.1, 0.15) is 34.0 Å². The van der Waals surface area contributed by atoms with Gasteiger partial charge in [-0.25, -0.2) is 4.79 Å². The Labute approximate surface area is 113 Å². The number of nitrogens with zero attached hydrogens (tertiary/aromatic N) is 1. The van der Waals surface area contributed by atoms with Crippen molar-refractivity contribution in [2.24, 2.45) is 0 Å². The van der Waals surface area contributed by atoms with E-state index >= 15 is 0 Å². The molecule has 0 aliphatic heterocycles. The number of aromatic carboxylic acids is 1. The van der Waals surface area contributed by atoms with Gasteiger partial charge < -0.3 is 15.3 Å². The van der Waals surface area contributed by atoms with Crippen molar-refractivity contribution in [3.63, 3.8) is 0 Å². The molecule has 102 valence electrons. The van der Waals surface area contributed by atoms with E-state index in [4.69, 9.17) is 5.11 Å². The topological polar surface area (TPSA) is 52.6 Å². The predicted octanol–water partition coefficient (Wildman–Crippen LogP) is 2.18. The molecule has 0 aromatic carbocycles. The molecule has 0 saturated carbocycles. The Morgan fingerprint density at radius 1 is 1.50 bits per heavy atom. The highest BCUT2D eigenvalue weighted by Gasteiger charge is 2.20. The lowest BCUT2D eigenvalue weighted by atomic mass is 10.0. The molecule has 0 spiro atoms. The normalized spacial score (nSPS) is 12.1. The van der Waals surface area contributed by atoms with Gasteiger partial charge in [0.15, 0.2) is 0 Å². The molecule has 1 aromatic rings. The second-order valence-electron chi connectivity index (χ2n) is 5.31. The fourth-order valence-electron chi connectivity index (χ4n) is 1.46. The minimum Gasteiger partial charge on any atom is -0.477 e. The van der Waals surface area contributed by atoms with Gasteiger partial charge in [0.05, 0.1) is 0 Å². The number of likely N-dealkylation sites (N-methyl/N-ethyl adjacent to an activating group) is 1. The first-order valence-corrected chi connectivity index (χ1v) is 6.76. The third-order valence-electron chi connectivity index (χ3n) is 3.32. The first kappa shape index (κ1) is 15.1. The zero-order chi connectivity index (χ0) is 13.9. The highest BCUT2D eigenvalue weighted by atomic mass is 32.1. The van der Waals surface area contributed by atoms with E-state index in [1.807, 2.05) is 6.92 Å². The first-order chi connectivity index (χ1) is 8.24. The van der Waals surface area contributed by atoms with E-state index in [0.717, 1.165) is 17.0 Å². The standard InChI is InChI=1S/C13H22N2O2S/c1-9-10(6-11(18-9)12(16)17)7-14-8-13(2,3)15(4)5/h6,14H,7-8H2,1-5H3,(H,16,17). The molecule has 0 atom stereocenters. The molecular weight excluding hydrogens is 248 g/mol. The van der Waals surface area contributed by atoms with Gasteiger partial charge in [-0.15, -0.1) is 11.3 Å². The molecule has 0 unspecified atom stereocenters. The van der Waals surface area contributed by atoms with Crippen LogP contribution in [0.2, 0.25) is 0 Å². The molecule has 0 fully saturated rings. The average molecular weight is 270 g/mol. The number of hydrogen-bond acceptors (Lipinski definition) is 4. The van der Waals surface area contributed by atoms with Crippen molar-refractivity contribution in [1.82, 2.24) is 10.2 Å². The molecule has 4 nitrogen and oxygen atoms in total. The summed E-state index contributed by atoms with van der Waals surface area (Å²) in [4.78, 5) is 14.5. The van der Waals surface area contributed by atoms with Crippen molar-refractivity contribution in [3.8, 4) is 0 Å². The van der Waals surface area contributed by atoms with E-state index in [2.05, 4.69) is 38.2 Å². The van der Waals surface area contributed by atoms with Crippen molar-refractivity contribution >= 4 is 17.3 Å². The van der Waals surface area contributed by atoms with Crippen molar-refractivity contribution in [1.29, 1.82) is 0 Å². The quantitative estimate of drug-likeness (QED) is 0.832. The Kier molecular flexibility index (Phi) is 4.90. The average Bonchev–Trinajstić information content (AvgIpc) is 2.60. The monoisotopic (exact) mass is 270 g/mol. The van der Waals surface area contributed by atoms with Gasteiger partial charge in [0.25, 0.3) is 0 Å². The number of carboxylic acid groups (broad SMARTS) is 1. The molecule has 0 saturated heterocycles. The molecule has 1 rings (SSSR count). The van der Waals surface area contributed by atoms with Gasteiger partial charge >= 0.3 is 5.97 Å². The summed E-state index contributed by atoms with van der Waals surface area (Å²) in [5.41, 5.74) is 1.16. The number of carbonyl (C=O) groups is 1. The van der Waals surface area contributed by atoms with Crippen LogP contribution in [0.15, 0.2) is 6.07 Å². The zero-order valence-electron chi connectivity index (χ0n) is 11.7. The summed E-state index contributed by atoms with van der Waals surface area (Å²) in [7, 11) is 4.11. The summed E-state index contributed by atoms with van der Waals surface area (Å²) in [5, 5.41) is 12.3. The molecule has 0 radical (unpaired) electrons. The van der Waals surface area contributed by atoms with Crippen molar-refractivity contribution in [2.45, 2.75) is 32.9 Å². The number of rotatable bonds is 6. The number of carboxylic acids is 1. The van der Waals surface area contributed by atoms with Gasteiger partial charge in [0, 0.05) is 23.5 Å². The fraction of sp³-hybridized carbons (Fsp3) is 0.615. The largest absolute Gasteiger partial charge is 0.477 e. The fourth-order valence-corrected chi connectivity index (χ4v) is 2.34. The van der Waals surface area contributed by atoms with Gasteiger partial charge in [0.2, 0.25) is 0 Å². The second kappa shape index (κ2) is 5.82. The van der Waals surface area contributed by atoms with Crippen LogP contribution in [0.4, 0.5) is 0 Å². The summed E-state index contributed by atoms with van der Waals surface area (Å²) < 4.78 is 0. The van der Waals surface area contributed by atoms with E-state index in [1.165, 1.54) is 11.3 Å². The zero-order valence-corrected chi connectivity index (χ0v) is 12.5. The van der Waals surface area contributed by atoms with E-state index in [9.17, 15) is 4.79 Å². The Bertz CT molecular complexity index is 425. The van der Waals surface area contributed by atoms with Crippen LogP contribution in [-0.4, -0.2) is 42.2 Å². The molecule has 0 bridgehead atoms. The highest BCUT2D eigenvalue weighted by Crippen LogP contribution is 2.21. The molecule has 5 heteroatoms. The number of hydrogen-bond donors (Lipinski definition) is 2. The van der Waals surface area contributed by atoms with Crippen LogP contribution in [0.5, 0.6) is 0 Å². The third-order valence-corrected chi connectivity index (χ3v) is 4.40. The molecule has 0 amide bonds. The molecule has 0 aliphatic rings. The number of aryl methyl sites for hydroxylation is 1. The first-order valence-electron chi connectivity index (χ1n) is 5.95. The SMILES string of the molecule is Cc1sc(C(=O)O)cc1CNCC(C)(C)N(C)C. The maximum atomic E-state index is 10.9. The van der Waals surface area contributed by atoms with E-state index < -0.39 is 5.97 Å². The lowest BCUT2D eigenvalue weighted by Gasteiger charge is -2.32. The minimum absolute atomic E-state index is 0.0829. The van der Waals surface area contributed by atoms with Gasteiger partial charge in [0.1, 0.15) is 4.88 Å². The molecule has 1 heterocycles. The van der Waals surface area contributed by atoms with Gasteiger partial charge in [-0.2, -0.15) is 0 Å². The molecule has 2 N–H and O–H groups in total. The van der Waals surface area contributed by atoms with Gasteiger partial charge in [-0.1, -0.05) is 0 Å². The van der Waals surface area contributed by atoms with Crippen LogP contribution < -0.4 is 5.32 Å². The maximum Gasteiger partial charge on any atom is 0.345 e. The molecule has 0 aliphatic carbocycles. The summed E-state index contributed by atoms with van der Waals surface area (Å²) in [6, 6.07) is 1.76. The number of thiophene rings is 1. The minimum atomic E-state index is -0.844. The summed E-state index contributed by atoms with van der Waals surface area (Å²) in [6.45, 7) is 7.88. The Morgan fingerprint density at radius 3 is 2.56 bits per heavy atom. The van der Waals surface area contributed by atoms with Crippen LogP contribution in [0, 0.1) is 6.92 Å². The van der Waals surface area contributed by atoms with E-state index in [0.29, 0.717) is 11.4 Å². The van der Waals surface area contributed by atoms with Crippen molar-refractivity contribution < 1.29 is 9.90 Å². The van der Waals surface area contributed by atoms with E-state index in [-0.39, 0.29) is 5.54 Å². The number of nitrogens with one attached hydrogen (secondary N) is 1. The maximum absolute atomic E-state index is 10.9. The lowest BCUT2D eigenvalue weighted by Crippen LogP contribution is -2.46.